The van der Waals surface area contributed by atoms with Crippen molar-refractivity contribution in [3.8, 4) is 0 Å². The third kappa shape index (κ3) is 18.1. The molecule has 0 aliphatic carbocycles. The monoisotopic (exact) mass is 384 g/mol. The van der Waals surface area contributed by atoms with Gasteiger partial charge in [-0.3, -0.25) is 9.59 Å². The zero-order chi connectivity index (χ0) is 20.5. The Morgan fingerprint density at radius 1 is 0.741 bits per heavy atom. The molecule has 0 atom stereocenters. The second-order valence-electron chi connectivity index (χ2n) is 8.95. The molecule has 0 unspecified atom stereocenters. The van der Waals surface area contributed by atoms with E-state index in [9.17, 15) is 9.59 Å². The highest BCUT2D eigenvalue weighted by molar-refractivity contribution is 5.69. The molecule has 0 aliphatic rings. The summed E-state index contributed by atoms with van der Waals surface area (Å²) >= 11 is 0. The Labute approximate surface area is 167 Å². The van der Waals surface area contributed by atoms with E-state index in [0.29, 0.717) is 31.5 Å². The lowest BCUT2D eigenvalue weighted by Gasteiger charge is -2.20. The van der Waals surface area contributed by atoms with Gasteiger partial charge in [-0.25, -0.2) is 0 Å². The maximum atomic E-state index is 11.9. The van der Waals surface area contributed by atoms with Gasteiger partial charge < -0.3 is 9.47 Å². The number of hydrogen-bond donors (Lipinski definition) is 0. The minimum atomic E-state index is -0.127. The standard InChI is InChI=1S/C23H44O4/c1-6-8-10-15-21(24)26-18-20(14-12-13-17-23(3,4)5)19-27-22(25)16-11-9-7-2/h20H,6-19H2,1-5H3. The van der Waals surface area contributed by atoms with Crippen molar-refractivity contribution in [3.05, 3.63) is 0 Å². The van der Waals surface area contributed by atoms with E-state index in [1.165, 1.54) is 6.42 Å². The first-order chi connectivity index (χ1) is 12.8. The highest BCUT2D eigenvalue weighted by Gasteiger charge is 2.16. The van der Waals surface area contributed by atoms with Crippen LogP contribution in [0, 0.1) is 11.3 Å². The van der Waals surface area contributed by atoms with Crippen LogP contribution in [0.2, 0.25) is 0 Å². The van der Waals surface area contributed by atoms with Crippen molar-refractivity contribution in [2.24, 2.45) is 11.3 Å². The number of carbonyl (C=O) groups excluding carboxylic acids is 2. The number of unbranched alkanes of at least 4 members (excludes halogenated alkanes) is 5. The van der Waals surface area contributed by atoms with Crippen LogP contribution in [-0.4, -0.2) is 25.2 Å². The third-order valence-electron chi connectivity index (χ3n) is 4.72. The Balaban J connectivity index is 4.26. The summed E-state index contributed by atoms with van der Waals surface area (Å²) in [7, 11) is 0. The van der Waals surface area contributed by atoms with Gasteiger partial charge in [0.25, 0.3) is 0 Å². The molecule has 0 bridgehead atoms. The lowest BCUT2D eigenvalue weighted by molar-refractivity contribution is -0.149. The van der Waals surface area contributed by atoms with E-state index in [-0.39, 0.29) is 17.9 Å². The average Bonchev–Trinajstić information content (AvgIpc) is 2.59. The summed E-state index contributed by atoms with van der Waals surface area (Å²) in [5, 5.41) is 0. The minimum absolute atomic E-state index is 0.107. The van der Waals surface area contributed by atoms with Crippen molar-refractivity contribution in [2.45, 2.75) is 112 Å². The molecule has 0 rings (SSSR count). The van der Waals surface area contributed by atoms with Gasteiger partial charge in [0.2, 0.25) is 0 Å². The summed E-state index contributed by atoms with van der Waals surface area (Å²) in [6, 6.07) is 0. The maximum Gasteiger partial charge on any atom is 0.305 e. The summed E-state index contributed by atoms with van der Waals surface area (Å²) in [6.07, 6.45) is 11.4. The summed E-state index contributed by atoms with van der Waals surface area (Å²) in [5.41, 5.74) is 0.340. The number of carbonyl (C=O) groups is 2. The first kappa shape index (κ1) is 25.9. The first-order valence-electron chi connectivity index (χ1n) is 11.1. The van der Waals surface area contributed by atoms with Gasteiger partial charge in [0, 0.05) is 18.8 Å². The second-order valence-corrected chi connectivity index (χ2v) is 8.95. The molecule has 0 radical (unpaired) electrons. The van der Waals surface area contributed by atoms with E-state index >= 15 is 0 Å². The van der Waals surface area contributed by atoms with E-state index < -0.39 is 0 Å². The molecule has 4 nitrogen and oxygen atoms in total. The van der Waals surface area contributed by atoms with Crippen LogP contribution < -0.4 is 0 Å². The summed E-state index contributed by atoms with van der Waals surface area (Å²) < 4.78 is 10.9. The second kappa shape index (κ2) is 15.9. The molecule has 0 aromatic carbocycles. The van der Waals surface area contributed by atoms with Crippen molar-refractivity contribution in [1.29, 1.82) is 0 Å². The van der Waals surface area contributed by atoms with Crippen molar-refractivity contribution >= 4 is 11.9 Å². The maximum absolute atomic E-state index is 11.9. The molecule has 0 spiro atoms. The van der Waals surface area contributed by atoms with Crippen molar-refractivity contribution in [2.75, 3.05) is 13.2 Å². The van der Waals surface area contributed by atoms with Crippen molar-refractivity contribution in [1.82, 2.24) is 0 Å². The third-order valence-corrected chi connectivity index (χ3v) is 4.72. The van der Waals surface area contributed by atoms with Gasteiger partial charge in [-0.2, -0.15) is 0 Å². The molecule has 0 aromatic heterocycles. The van der Waals surface area contributed by atoms with Gasteiger partial charge in [0.15, 0.2) is 0 Å². The molecule has 0 N–H and O–H groups in total. The molecule has 0 aliphatic heterocycles. The number of hydrogen-bond acceptors (Lipinski definition) is 4. The van der Waals surface area contributed by atoms with Crippen molar-refractivity contribution in [3.63, 3.8) is 0 Å². The Hall–Kier alpha value is -1.06. The molecule has 0 aromatic rings. The predicted octanol–water partition coefficient (Wildman–Crippen LogP) is 6.46. The molecule has 0 saturated carbocycles. The Bertz CT molecular complexity index is 358. The largest absolute Gasteiger partial charge is 0.465 e. The van der Waals surface area contributed by atoms with Gasteiger partial charge in [0.05, 0.1) is 13.2 Å². The fourth-order valence-electron chi connectivity index (χ4n) is 2.91. The highest BCUT2D eigenvalue weighted by Crippen LogP contribution is 2.23. The lowest BCUT2D eigenvalue weighted by Crippen LogP contribution is -2.21. The molecule has 0 amide bonds. The van der Waals surface area contributed by atoms with E-state index in [4.69, 9.17) is 9.47 Å². The fraction of sp³-hybridized carbons (Fsp3) is 0.913. The molecular weight excluding hydrogens is 340 g/mol. The number of esters is 2. The SMILES string of the molecule is CCCCCC(=O)OCC(CCCCC(C)(C)C)COC(=O)CCCCC. The topological polar surface area (TPSA) is 52.6 Å². The Morgan fingerprint density at radius 2 is 1.22 bits per heavy atom. The summed E-state index contributed by atoms with van der Waals surface area (Å²) in [6.45, 7) is 11.7. The minimum Gasteiger partial charge on any atom is -0.465 e. The predicted molar refractivity (Wildman–Crippen MR) is 112 cm³/mol. The molecule has 0 saturated heterocycles. The molecule has 0 heterocycles. The summed E-state index contributed by atoms with van der Waals surface area (Å²) in [5.74, 6) is -0.148. The van der Waals surface area contributed by atoms with Gasteiger partial charge in [-0.1, -0.05) is 73.1 Å². The zero-order valence-corrected chi connectivity index (χ0v) is 18.6. The van der Waals surface area contributed by atoms with E-state index in [2.05, 4.69) is 34.6 Å². The molecule has 0 fully saturated rings. The number of ether oxygens (including phenoxy) is 2. The molecule has 27 heavy (non-hydrogen) atoms. The summed E-state index contributed by atoms with van der Waals surface area (Å²) in [4.78, 5) is 23.7. The van der Waals surface area contributed by atoms with E-state index in [1.807, 2.05) is 0 Å². The molecular formula is C23H44O4. The Kier molecular flexibility index (Phi) is 15.3. The van der Waals surface area contributed by atoms with Crippen LogP contribution in [0.4, 0.5) is 0 Å². The van der Waals surface area contributed by atoms with Crippen LogP contribution in [0.3, 0.4) is 0 Å². The smallest absolute Gasteiger partial charge is 0.305 e. The van der Waals surface area contributed by atoms with Gasteiger partial charge >= 0.3 is 11.9 Å². The van der Waals surface area contributed by atoms with Crippen LogP contribution in [0.25, 0.3) is 0 Å². The molecule has 4 heteroatoms. The zero-order valence-electron chi connectivity index (χ0n) is 18.6. The van der Waals surface area contributed by atoms with Gasteiger partial charge in [0.1, 0.15) is 0 Å². The van der Waals surface area contributed by atoms with E-state index in [1.54, 1.807) is 0 Å². The normalized spacial score (nSPS) is 11.6. The highest BCUT2D eigenvalue weighted by atomic mass is 16.5. The van der Waals surface area contributed by atoms with Crippen LogP contribution in [0.15, 0.2) is 0 Å². The van der Waals surface area contributed by atoms with Crippen molar-refractivity contribution < 1.29 is 19.1 Å². The number of rotatable bonds is 16. The first-order valence-corrected chi connectivity index (χ1v) is 11.1. The molecule has 160 valence electrons. The quantitative estimate of drug-likeness (QED) is 0.226. The van der Waals surface area contributed by atoms with Crippen LogP contribution >= 0.6 is 0 Å². The van der Waals surface area contributed by atoms with E-state index in [0.717, 1.165) is 57.8 Å². The van der Waals surface area contributed by atoms with Crippen LogP contribution in [0.5, 0.6) is 0 Å². The van der Waals surface area contributed by atoms with Gasteiger partial charge in [-0.15, -0.1) is 0 Å². The van der Waals surface area contributed by atoms with Crippen LogP contribution in [-0.2, 0) is 19.1 Å². The van der Waals surface area contributed by atoms with Gasteiger partial charge in [-0.05, 0) is 31.1 Å². The average molecular weight is 385 g/mol. The lowest BCUT2D eigenvalue weighted by atomic mass is 9.88. The Morgan fingerprint density at radius 3 is 1.63 bits per heavy atom. The van der Waals surface area contributed by atoms with Crippen LogP contribution in [0.1, 0.15) is 112 Å². The fourth-order valence-corrected chi connectivity index (χ4v) is 2.91.